The molecule has 7 nitrogen and oxygen atoms in total. The van der Waals surface area contributed by atoms with Crippen molar-refractivity contribution in [3.05, 3.63) is 59.8 Å². The van der Waals surface area contributed by atoms with Crippen LogP contribution < -0.4 is 14.4 Å². The van der Waals surface area contributed by atoms with E-state index < -0.39 is 5.91 Å². The van der Waals surface area contributed by atoms with E-state index in [1.807, 2.05) is 11.1 Å². The molecule has 0 spiro atoms. The standard InChI is InChI=1S/C22H22N2O5/c1-27-15-7-8-16-17(13-15)21(25)24(19-5-3-4-6-20(19)28-2)22(26)18(16)14-23-9-11-29-12-10-23/h3-8,13-14H,9-12H2,1-2H3/b18-14+. The number of imide groups is 1. The first kappa shape index (κ1) is 19.0. The SMILES string of the molecule is COc1ccc2c(c1)C(=O)N(c1ccccc1OC)C(=O)/C2=C/N1CCOCC1. The lowest BCUT2D eigenvalue weighted by Crippen LogP contribution is -2.43. The van der Waals surface area contributed by atoms with Crippen molar-refractivity contribution in [2.75, 3.05) is 45.4 Å². The first-order chi connectivity index (χ1) is 14.1. The van der Waals surface area contributed by atoms with E-state index in [2.05, 4.69) is 0 Å². The molecule has 0 radical (unpaired) electrons. The molecule has 0 atom stereocenters. The maximum absolute atomic E-state index is 13.5. The number of benzene rings is 2. The van der Waals surface area contributed by atoms with Gasteiger partial charge in [-0.25, -0.2) is 4.90 Å². The fourth-order valence-electron chi connectivity index (χ4n) is 3.56. The highest BCUT2D eigenvalue weighted by Gasteiger charge is 2.38. The minimum absolute atomic E-state index is 0.386. The molecule has 4 rings (SSSR count). The number of para-hydroxylation sites is 2. The normalized spacial score (nSPS) is 18.1. The van der Waals surface area contributed by atoms with E-state index in [1.165, 1.54) is 12.0 Å². The average Bonchev–Trinajstić information content (AvgIpc) is 2.77. The molecule has 0 saturated carbocycles. The third-order valence-electron chi connectivity index (χ3n) is 5.07. The van der Waals surface area contributed by atoms with Crippen LogP contribution in [0.15, 0.2) is 48.7 Å². The van der Waals surface area contributed by atoms with Crippen molar-refractivity contribution in [2.45, 2.75) is 0 Å². The molecule has 29 heavy (non-hydrogen) atoms. The van der Waals surface area contributed by atoms with Crippen LogP contribution in [-0.2, 0) is 9.53 Å². The second-order valence-electron chi connectivity index (χ2n) is 6.72. The molecule has 0 bridgehead atoms. The zero-order valence-electron chi connectivity index (χ0n) is 16.4. The molecular weight excluding hydrogens is 372 g/mol. The molecule has 2 aromatic rings. The lowest BCUT2D eigenvalue weighted by molar-refractivity contribution is -0.113. The van der Waals surface area contributed by atoms with Gasteiger partial charge in [-0.2, -0.15) is 0 Å². The first-order valence-corrected chi connectivity index (χ1v) is 9.38. The Morgan fingerprint density at radius 1 is 0.931 bits per heavy atom. The fraction of sp³-hybridized carbons (Fsp3) is 0.273. The van der Waals surface area contributed by atoms with Crippen LogP contribution in [0.5, 0.6) is 11.5 Å². The Hall–Kier alpha value is -3.32. The summed E-state index contributed by atoms with van der Waals surface area (Å²) in [5, 5.41) is 0. The third-order valence-corrected chi connectivity index (χ3v) is 5.07. The quantitative estimate of drug-likeness (QED) is 0.587. The van der Waals surface area contributed by atoms with Gasteiger partial charge in [0.2, 0.25) is 0 Å². The summed E-state index contributed by atoms with van der Waals surface area (Å²) in [5.74, 6) is 0.208. The van der Waals surface area contributed by atoms with Crippen molar-refractivity contribution in [1.82, 2.24) is 4.90 Å². The number of nitrogens with zero attached hydrogens (tertiary/aromatic N) is 2. The zero-order valence-corrected chi connectivity index (χ0v) is 16.4. The summed E-state index contributed by atoms with van der Waals surface area (Å²) in [6.07, 6.45) is 1.82. The highest BCUT2D eigenvalue weighted by molar-refractivity contribution is 6.41. The number of methoxy groups -OCH3 is 2. The van der Waals surface area contributed by atoms with E-state index in [0.29, 0.717) is 60.2 Å². The van der Waals surface area contributed by atoms with Gasteiger partial charge >= 0.3 is 0 Å². The molecule has 2 aromatic carbocycles. The highest BCUT2D eigenvalue weighted by atomic mass is 16.5. The monoisotopic (exact) mass is 394 g/mol. The van der Waals surface area contributed by atoms with Gasteiger partial charge in [-0.3, -0.25) is 9.59 Å². The fourth-order valence-corrected chi connectivity index (χ4v) is 3.56. The minimum Gasteiger partial charge on any atom is -0.497 e. The van der Waals surface area contributed by atoms with Crippen LogP contribution in [0, 0.1) is 0 Å². The number of carbonyl (C=O) groups is 2. The smallest absolute Gasteiger partial charge is 0.267 e. The number of carbonyl (C=O) groups excluding carboxylic acids is 2. The summed E-state index contributed by atoms with van der Waals surface area (Å²) in [7, 11) is 3.06. The topological polar surface area (TPSA) is 68.3 Å². The van der Waals surface area contributed by atoms with Gasteiger partial charge in [0.1, 0.15) is 11.5 Å². The van der Waals surface area contributed by atoms with Crippen LogP contribution in [0.4, 0.5) is 5.69 Å². The van der Waals surface area contributed by atoms with E-state index in [-0.39, 0.29) is 5.91 Å². The summed E-state index contributed by atoms with van der Waals surface area (Å²) >= 11 is 0. The lowest BCUT2D eigenvalue weighted by Gasteiger charge is -2.32. The van der Waals surface area contributed by atoms with E-state index in [0.717, 1.165) is 0 Å². The Morgan fingerprint density at radius 3 is 2.41 bits per heavy atom. The molecule has 150 valence electrons. The van der Waals surface area contributed by atoms with Crippen molar-refractivity contribution in [3.63, 3.8) is 0 Å². The summed E-state index contributed by atoms with van der Waals surface area (Å²) in [5.41, 5.74) is 1.87. The molecule has 1 saturated heterocycles. The lowest BCUT2D eigenvalue weighted by atomic mass is 9.93. The van der Waals surface area contributed by atoms with Crippen LogP contribution in [-0.4, -0.2) is 57.2 Å². The van der Waals surface area contributed by atoms with Crippen LogP contribution in [0.3, 0.4) is 0 Å². The van der Waals surface area contributed by atoms with Crippen LogP contribution in [0.25, 0.3) is 5.57 Å². The zero-order chi connectivity index (χ0) is 20.4. The molecule has 2 aliphatic rings. The number of morpholine rings is 1. The maximum atomic E-state index is 13.5. The predicted molar refractivity (Wildman–Crippen MR) is 108 cm³/mol. The van der Waals surface area contributed by atoms with E-state index >= 15 is 0 Å². The van der Waals surface area contributed by atoms with Gasteiger partial charge in [-0.1, -0.05) is 12.1 Å². The van der Waals surface area contributed by atoms with Crippen molar-refractivity contribution in [3.8, 4) is 11.5 Å². The number of anilines is 1. The number of fused-ring (bicyclic) bond motifs is 1. The molecular formula is C22H22N2O5. The predicted octanol–water partition coefficient (Wildman–Crippen LogP) is 2.56. The molecule has 0 N–H and O–H groups in total. The second kappa shape index (κ2) is 7.97. The van der Waals surface area contributed by atoms with Gasteiger partial charge in [0.25, 0.3) is 11.8 Å². The van der Waals surface area contributed by atoms with Gasteiger partial charge in [0.15, 0.2) is 0 Å². The molecule has 7 heteroatoms. The van der Waals surface area contributed by atoms with Crippen molar-refractivity contribution >= 4 is 23.1 Å². The van der Waals surface area contributed by atoms with Gasteiger partial charge in [0.05, 0.1) is 44.3 Å². The molecule has 2 aliphatic heterocycles. The van der Waals surface area contributed by atoms with Gasteiger partial charge in [-0.15, -0.1) is 0 Å². The van der Waals surface area contributed by atoms with Gasteiger partial charge in [-0.05, 0) is 30.3 Å². The van der Waals surface area contributed by atoms with Crippen LogP contribution >= 0.6 is 0 Å². The molecule has 0 unspecified atom stereocenters. The largest absolute Gasteiger partial charge is 0.497 e. The summed E-state index contributed by atoms with van der Waals surface area (Å²) in [4.78, 5) is 30.0. The van der Waals surface area contributed by atoms with Crippen LogP contribution in [0.2, 0.25) is 0 Å². The van der Waals surface area contributed by atoms with Crippen molar-refractivity contribution in [1.29, 1.82) is 0 Å². The maximum Gasteiger partial charge on any atom is 0.267 e. The number of amides is 2. The molecule has 0 aliphatic carbocycles. The summed E-state index contributed by atoms with van der Waals surface area (Å²) in [6.45, 7) is 2.57. The van der Waals surface area contributed by atoms with Gasteiger partial charge < -0.3 is 19.1 Å². The first-order valence-electron chi connectivity index (χ1n) is 9.38. The number of hydrogen-bond acceptors (Lipinski definition) is 6. The average molecular weight is 394 g/mol. The third kappa shape index (κ3) is 3.45. The Morgan fingerprint density at radius 2 is 1.69 bits per heavy atom. The number of hydrogen-bond donors (Lipinski definition) is 0. The Labute approximate surface area is 169 Å². The molecule has 2 heterocycles. The van der Waals surface area contributed by atoms with E-state index in [4.69, 9.17) is 14.2 Å². The Kier molecular flexibility index (Phi) is 5.22. The summed E-state index contributed by atoms with van der Waals surface area (Å²) in [6, 6.07) is 12.2. The van der Waals surface area contributed by atoms with Crippen molar-refractivity contribution in [2.24, 2.45) is 0 Å². The Bertz CT molecular complexity index is 979. The molecule has 0 aromatic heterocycles. The molecule has 1 fully saturated rings. The van der Waals surface area contributed by atoms with Crippen LogP contribution in [0.1, 0.15) is 15.9 Å². The minimum atomic E-state index is -0.410. The number of ether oxygens (including phenoxy) is 3. The molecule has 2 amide bonds. The van der Waals surface area contributed by atoms with Crippen molar-refractivity contribution < 1.29 is 23.8 Å². The van der Waals surface area contributed by atoms with E-state index in [1.54, 1.807) is 49.6 Å². The van der Waals surface area contributed by atoms with E-state index in [9.17, 15) is 9.59 Å². The summed E-state index contributed by atoms with van der Waals surface area (Å²) < 4.78 is 16.1. The van der Waals surface area contributed by atoms with Gasteiger partial charge in [0, 0.05) is 24.9 Å². The second-order valence-corrected chi connectivity index (χ2v) is 6.72. The Balaban J connectivity index is 1.87. The highest BCUT2D eigenvalue weighted by Crippen LogP contribution is 2.37. The number of rotatable bonds is 4.